The van der Waals surface area contributed by atoms with Crippen LogP contribution in [0.3, 0.4) is 0 Å². The second kappa shape index (κ2) is 3.30. The van der Waals surface area contributed by atoms with Gasteiger partial charge in [0.1, 0.15) is 5.52 Å². The summed E-state index contributed by atoms with van der Waals surface area (Å²) in [6.07, 6.45) is 3.86. The number of carbonyl (C=O) groups is 1. The summed E-state index contributed by atoms with van der Waals surface area (Å²) in [7, 11) is 1.81. The Morgan fingerprint density at radius 1 is 1.56 bits per heavy atom. The van der Waals surface area contributed by atoms with Gasteiger partial charge in [-0.25, -0.2) is 9.97 Å². The van der Waals surface area contributed by atoms with Crippen LogP contribution in [-0.4, -0.2) is 26.5 Å². The molecule has 1 aliphatic carbocycles. The molecular weight excluding hydrogens is 204 g/mol. The molecule has 0 saturated heterocycles. The van der Waals surface area contributed by atoms with Gasteiger partial charge >= 0.3 is 0 Å². The van der Waals surface area contributed by atoms with Gasteiger partial charge in [-0.3, -0.25) is 4.79 Å². The molecular formula is C11H12N4O. The summed E-state index contributed by atoms with van der Waals surface area (Å²) in [4.78, 5) is 20.3. The fraction of sp³-hybridized carbons (Fsp3) is 0.364. The summed E-state index contributed by atoms with van der Waals surface area (Å²) < 4.78 is 1.73. The van der Waals surface area contributed by atoms with Crippen LogP contribution in [0.5, 0.6) is 0 Å². The number of aryl methyl sites for hydroxylation is 1. The van der Waals surface area contributed by atoms with E-state index in [0.29, 0.717) is 11.9 Å². The highest BCUT2D eigenvalue weighted by Gasteiger charge is 2.26. The Balaban J connectivity index is 2.02. The van der Waals surface area contributed by atoms with Gasteiger partial charge in [-0.1, -0.05) is 0 Å². The molecule has 5 heteroatoms. The molecule has 5 nitrogen and oxygen atoms in total. The van der Waals surface area contributed by atoms with Gasteiger partial charge in [0.25, 0.3) is 5.91 Å². The van der Waals surface area contributed by atoms with Crippen molar-refractivity contribution in [1.82, 2.24) is 19.9 Å². The van der Waals surface area contributed by atoms with Crippen LogP contribution in [0.25, 0.3) is 11.2 Å². The van der Waals surface area contributed by atoms with Gasteiger partial charge in [-0.05, 0) is 25.0 Å². The van der Waals surface area contributed by atoms with E-state index >= 15 is 0 Å². The van der Waals surface area contributed by atoms with Crippen LogP contribution in [0.4, 0.5) is 0 Å². The molecule has 3 rings (SSSR count). The largest absolute Gasteiger partial charge is 0.347 e. The lowest BCUT2D eigenvalue weighted by atomic mass is 10.4. The Kier molecular flexibility index (Phi) is 1.92. The Labute approximate surface area is 92.5 Å². The van der Waals surface area contributed by atoms with Crippen molar-refractivity contribution in [2.24, 2.45) is 7.05 Å². The Bertz CT molecular complexity index is 556. The molecule has 16 heavy (non-hydrogen) atoms. The summed E-state index contributed by atoms with van der Waals surface area (Å²) in [6, 6.07) is 4.02. The summed E-state index contributed by atoms with van der Waals surface area (Å²) >= 11 is 0. The first-order valence-electron chi connectivity index (χ1n) is 5.34. The first-order chi connectivity index (χ1) is 7.75. The Morgan fingerprint density at radius 3 is 3.06 bits per heavy atom. The first kappa shape index (κ1) is 9.33. The minimum absolute atomic E-state index is 0.108. The standard InChI is InChI=1S/C11H12N4O/c1-15-9-8(3-2-6-12-9)14-10(15)11(16)13-7-4-5-7/h2-3,6-7H,4-5H2,1H3,(H,13,16). The van der Waals surface area contributed by atoms with Gasteiger partial charge in [0.2, 0.25) is 5.82 Å². The minimum Gasteiger partial charge on any atom is -0.347 e. The molecule has 1 fully saturated rings. The average Bonchev–Trinajstić information content (AvgIpc) is 3.03. The maximum absolute atomic E-state index is 11.9. The van der Waals surface area contributed by atoms with Gasteiger partial charge in [0, 0.05) is 19.3 Å². The van der Waals surface area contributed by atoms with Gasteiger partial charge in [0.05, 0.1) is 0 Å². The summed E-state index contributed by atoms with van der Waals surface area (Å²) in [5.74, 6) is 0.323. The van der Waals surface area contributed by atoms with Crippen molar-refractivity contribution in [3.8, 4) is 0 Å². The van der Waals surface area contributed by atoms with Gasteiger partial charge in [-0.15, -0.1) is 0 Å². The van der Waals surface area contributed by atoms with E-state index in [9.17, 15) is 4.79 Å². The number of pyridine rings is 1. The third kappa shape index (κ3) is 1.44. The SMILES string of the molecule is Cn1c(C(=O)NC2CC2)nc2cccnc21. The number of fused-ring (bicyclic) bond motifs is 1. The molecule has 2 heterocycles. The van der Waals surface area contributed by atoms with E-state index in [1.165, 1.54) is 0 Å². The highest BCUT2D eigenvalue weighted by Crippen LogP contribution is 2.19. The monoisotopic (exact) mass is 216 g/mol. The van der Waals surface area contributed by atoms with E-state index < -0.39 is 0 Å². The molecule has 1 amide bonds. The van der Waals surface area contributed by atoms with Crippen molar-refractivity contribution >= 4 is 17.1 Å². The van der Waals surface area contributed by atoms with Gasteiger partial charge < -0.3 is 9.88 Å². The summed E-state index contributed by atoms with van der Waals surface area (Å²) in [5.41, 5.74) is 1.49. The average molecular weight is 216 g/mol. The molecule has 2 aromatic rings. The van der Waals surface area contributed by atoms with Gasteiger partial charge in [-0.2, -0.15) is 0 Å². The lowest BCUT2D eigenvalue weighted by Crippen LogP contribution is -2.28. The number of nitrogens with zero attached hydrogens (tertiary/aromatic N) is 3. The number of imidazole rings is 1. The van der Waals surface area contributed by atoms with E-state index in [2.05, 4.69) is 15.3 Å². The molecule has 1 saturated carbocycles. The van der Waals surface area contributed by atoms with Crippen molar-refractivity contribution in [3.05, 3.63) is 24.2 Å². The number of aromatic nitrogens is 3. The molecule has 1 N–H and O–H groups in total. The summed E-state index contributed by atoms with van der Waals surface area (Å²) in [6.45, 7) is 0. The second-order valence-corrected chi connectivity index (χ2v) is 4.09. The quantitative estimate of drug-likeness (QED) is 0.810. The molecule has 0 radical (unpaired) electrons. The Hall–Kier alpha value is -1.91. The predicted octanol–water partition coefficient (Wildman–Crippen LogP) is 0.861. The van der Waals surface area contributed by atoms with Gasteiger partial charge in [0.15, 0.2) is 5.65 Å². The molecule has 0 bridgehead atoms. The van der Waals surface area contributed by atoms with Crippen molar-refractivity contribution in [2.45, 2.75) is 18.9 Å². The van der Waals surface area contributed by atoms with Crippen LogP contribution in [-0.2, 0) is 7.05 Å². The molecule has 82 valence electrons. The van der Waals surface area contributed by atoms with Crippen molar-refractivity contribution < 1.29 is 4.79 Å². The number of amides is 1. The molecule has 0 aliphatic heterocycles. The lowest BCUT2D eigenvalue weighted by Gasteiger charge is -2.02. The minimum atomic E-state index is -0.108. The topological polar surface area (TPSA) is 59.8 Å². The van der Waals surface area contributed by atoms with Crippen molar-refractivity contribution in [2.75, 3.05) is 0 Å². The highest BCUT2D eigenvalue weighted by atomic mass is 16.2. The lowest BCUT2D eigenvalue weighted by molar-refractivity contribution is 0.0938. The summed E-state index contributed by atoms with van der Waals surface area (Å²) in [5, 5.41) is 2.92. The fourth-order valence-electron chi connectivity index (χ4n) is 1.70. The van der Waals surface area contributed by atoms with E-state index in [0.717, 1.165) is 24.0 Å². The van der Waals surface area contributed by atoms with E-state index in [-0.39, 0.29) is 5.91 Å². The number of hydrogen-bond donors (Lipinski definition) is 1. The molecule has 0 spiro atoms. The number of hydrogen-bond acceptors (Lipinski definition) is 3. The van der Waals surface area contributed by atoms with Crippen LogP contribution in [0.15, 0.2) is 18.3 Å². The fourth-order valence-corrected chi connectivity index (χ4v) is 1.70. The Morgan fingerprint density at radius 2 is 2.38 bits per heavy atom. The van der Waals surface area contributed by atoms with E-state index in [1.54, 1.807) is 10.8 Å². The van der Waals surface area contributed by atoms with Crippen LogP contribution < -0.4 is 5.32 Å². The van der Waals surface area contributed by atoms with Crippen LogP contribution in [0, 0.1) is 0 Å². The highest BCUT2D eigenvalue weighted by molar-refractivity contribution is 5.94. The van der Waals surface area contributed by atoms with Crippen LogP contribution in [0.1, 0.15) is 23.5 Å². The van der Waals surface area contributed by atoms with Crippen LogP contribution >= 0.6 is 0 Å². The van der Waals surface area contributed by atoms with E-state index in [1.807, 2.05) is 19.2 Å². The number of rotatable bonds is 2. The second-order valence-electron chi connectivity index (χ2n) is 4.09. The number of carbonyl (C=O) groups excluding carboxylic acids is 1. The van der Waals surface area contributed by atoms with Crippen LogP contribution in [0.2, 0.25) is 0 Å². The van der Waals surface area contributed by atoms with Crippen molar-refractivity contribution in [1.29, 1.82) is 0 Å². The third-order valence-corrected chi connectivity index (χ3v) is 2.74. The maximum atomic E-state index is 11.9. The zero-order valence-electron chi connectivity index (χ0n) is 8.97. The zero-order chi connectivity index (χ0) is 11.1. The maximum Gasteiger partial charge on any atom is 0.287 e. The predicted molar refractivity (Wildman–Crippen MR) is 59.0 cm³/mol. The van der Waals surface area contributed by atoms with E-state index in [4.69, 9.17) is 0 Å². The first-order valence-corrected chi connectivity index (χ1v) is 5.34. The molecule has 0 unspecified atom stereocenters. The molecule has 1 aliphatic rings. The normalized spacial score (nSPS) is 15.3. The molecule has 0 atom stereocenters. The molecule has 0 aromatic carbocycles. The van der Waals surface area contributed by atoms with Crippen molar-refractivity contribution in [3.63, 3.8) is 0 Å². The third-order valence-electron chi connectivity index (χ3n) is 2.74. The molecule has 2 aromatic heterocycles. The zero-order valence-corrected chi connectivity index (χ0v) is 8.97. The number of nitrogens with one attached hydrogen (secondary N) is 1. The smallest absolute Gasteiger partial charge is 0.287 e.